The molecule has 0 aliphatic heterocycles. The van der Waals surface area contributed by atoms with Gasteiger partial charge in [0.25, 0.3) is 0 Å². The molecule has 0 aliphatic rings. The molecule has 0 aliphatic carbocycles. The third-order valence-electron chi connectivity index (χ3n) is 1.84. The maximum atomic E-state index is 12.0. The standard InChI is InChI=1S/C8H14F3NO3/c1-3-12(5-7(14)15-2)4-6(13)8(9,10)11/h6,13H,3-5H2,1-2H3. The zero-order chi connectivity index (χ0) is 12.1. The Hall–Kier alpha value is -0.820. The molecule has 1 unspecified atom stereocenters. The molecule has 0 aromatic carbocycles. The molecular weight excluding hydrogens is 215 g/mol. The van der Waals surface area contributed by atoms with E-state index in [-0.39, 0.29) is 13.1 Å². The van der Waals surface area contributed by atoms with Crippen LogP contribution in [0.5, 0.6) is 0 Å². The molecule has 0 bridgehead atoms. The third kappa shape index (κ3) is 5.58. The Bertz CT molecular complexity index is 208. The minimum atomic E-state index is -4.66. The van der Waals surface area contributed by atoms with E-state index in [1.807, 2.05) is 0 Å². The lowest BCUT2D eigenvalue weighted by molar-refractivity contribution is -0.208. The summed E-state index contributed by atoms with van der Waals surface area (Å²) in [5.41, 5.74) is 0. The molecule has 0 spiro atoms. The van der Waals surface area contributed by atoms with Crippen molar-refractivity contribution in [1.82, 2.24) is 4.90 Å². The maximum Gasteiger partial charge on any atom is 0.415 e. The van der Waals surface area contributed by atoms with Crippen molar-refractivity contribution in [3.63, 3.8) is 0 Å². The van der Waals surface area contributed by atoms with Crippen molar-refractivity contribution in [2.24, 2.45) is 0 Å². The lowest BCUT2D eigenvalue weighted by Gasteiger charge is -2.23. The average molecular weight is 229 g/mol. The highest BCUT2D eigenvalue weighted by Crippen LogP contribution is 2.20. The van der Waals surface area contributed by atoms with Crippen molar-refractivity contribution in [2.45, 2.75) is 19.2 Å². The summed E-state index contributed by atoms with van der Waals surface area (Å²) < 4.78 is 40.2. The van der Waals surface area contributed by atoms with E-state index in [9.17, 15) is 18.0 Å². The molecule has 0 fully saturated rings. The summed E-state index contributed by atoms with van der Waals surface area (Å²) in [6.07, 6.45) is -7.11. The highest BCUT2D eigenvalue weighted by atomic mass is 19.4. The highest BCUT2D eigenvalue weighted by molar-refractivity contribution is 5.71. The van der Waals surface area contributed by atoms with E-state index in [1.165, 1.54) is 0 Å². The van der Waals surface area contributed by atoms with Gasteiger partial charge in [-0.2, -0.15) is 13.2 Å². The third-order valence-corrected chi connectivity index (χ3v) is 1.84. The Morgan fingerprint density at radius 3 is 2.40 bits per heavy atom. The topological polar surface area (TPSA) is 49.8 Å². The van der Waals surface area contributed by atoms with Crippen molar-refractivity contribution in [2.75, 3.05) is 26.7 Å². The van der Waals surface area contributed by atoms with Gasteiger partial charge in [-0.15, -0.1) is 0 Å². The average Bonchev–Trinajstić information content (AvgIpc) is 2.14. The van der Waals surface area contributed by atoms with Crippen LogP contribution in [0, 0.1) is 0 Å². The van der Waals surface area contributed by atoms with Crippen molar-refractivity contribution < 1.29 is 27.8 Å². The summed E-state index contributed by atoms with van der Waals surface area (Å²) in [7, 11) is 1.15. The van der Waals surface area contributed by atoms with Gasteiger partial charge in [0.1, 0.15) is 0 Å². The van der Waals surface area contributed by atoms with Crippen molar-refractivity contribution >= 4 is 5.97 Å². The molecule has 0 radical (unpaired) electrons. The van der Waals surface area contributed by atoms with Crippen molar-refractivity contribution in [3.05, 3.63) is 0 Å². The number of halogens is 3. The quantitative estimate of drug-likeness (QED) is 0.693. The number of hydrogen-bond donors (Lipinski definition) is 1. The van der Waals surface area contributed by atoms with Gasteiger partial charge < -0.3 is 9.84 Å². The summed E-state index contributed by atoms with van der Waals surface area (Å²) in [6.45, 7) is 0.920. The summed E-state index contributed by atoms with van der Waals surface area (Å²) in [5, 5.41) is 8.75. The Balaban J connectivity index is 4.16. The first-order chi connectivity index (χ1) is 6.81. The summed E-state index contributed by atoms with van der Waals surface area (Å²) >= 11 is 0. The number of likely N-dealkylation sites (N-methyl/N-ethyl adjacent to an activating group) is 1. The molecule has 0 saturated carbocycles. The first kappa shape index (κ1) is 14.2. The summed E-state index contributed by atoms with van der Waals surface area (Å²) in [6, 6.07) is 0. The lowest BCUT2D eigenvalue weighted by Crippen LogP contribution is -2.43. The molecule has 0 heterocycles. The van der Waals surface area contributed by atoms with Crippen LogP contribution < -0.4 is 0 Å². The highest BCUT2D eigenvalue weighted by Gasteiger charge is 2.39. The number of nitrogens with zero attached hydrogens (tertiary/aromatic N) is 1. The molecule has 0 saturated heterocycles. The fraction of sp³-hybridized carbons (Fsp3) is 0.875. The van der Waals surface area contributed by atoms with Crippen LogP contribution in [0.1, 0.15) is 6.92 Å². The fourth-order valence-electron chi connectivity index (χ4n) is 0.901. The van der Waals surface area contributed by atoms with Crippen LogP contribution in [-0.2, 0) is 9.53 Å². The fourth-order valence-corrected chi connectivity index (χ4v) is 0.901. The van der Waals surface area contributed by atoms with Gasteiger partial charge in [0.2, 0.25) is 0 Å². The van der Waals surface area contributed by atoms with E-state index in [2.05, 4.69) is 4.74 Å². The SMILES string of the molecule is CCN(CC(=O)OC)CC(O)C(F)(F)F. The number of carbonyl (C=O) groups is 1. The molecule has 1 atom stereocenters. The molecule has 0 amide bonds. The van der Waals surface area contributed by atoms with Gasteiger partial charge in [-0.05, 0) is 6.54 Å². The number of aliphatic hydroxyl groups excluding tert-OH is 1. The molecule has 0 aromatic heterocycles. The zero-order valence-electron chi connectivity index (χ0n) is 8.54. The first-order valence-corrected chi connectivity index (χ1v) is 4.35. The van der Waals surface area contributed by atoms with E-state index in [1.54, 1.807) is 6.92 Å². The second kappa shape index (κ2) is 5.92. The minimum absolute atomic E-state index is 0.224. The summed E-state index contributed by atoms with van der Waals surface area (Å²) in [4.78, 5) is 11.9. The predicted octanol–water partition coefficient (Wildman–Crippen LogP) is 0.405. The number of carbonyl (C=O) groups excluding carboxylic acids is 1. The van der Waals surface area contributed by atoms with Gasteiger partial charge in [0.15, 0.2) is 6.10 Å². The van der Waals surface area contributed by atoms with Crippen molar-refractivity contribution in [3.8, 4) is 0 Å². The maximum absolute atomic E-state index is 12.0. The number of methoxy groups -OCH3 is 1. The normalized spacial score (nSPS) is 14.1. The van der Waals surface area contributed by atoms with E-state index in [0.29, 0.717) is 0 Å². The van der Waals surface area contributed by atoms with Crippen molar-refractivity contribution in [1.29, 1.82) is 0 Å². The van der Waals surface area contributed by atoms with Gasteiger partial charge in [-0.3, -0.25) is 9.69 Å². The Kier molecular flexibility index (Phi) is 5.59. The van der Waals surface area contributed by atoms with E-state index in [0.717, 1.165) is 12.0 Å². The molecule has 4 nitrogen and oxygen atoms in total. The van der Waals surface area contributed by atoms with E-state index >= 15 is 0 Å². The Labute approximate surface area is 85.6 Å². The number of alkyl halides is 3. The van der Waals surface area contributed by atoms with Crippen LogP contribution in [0.15, 0.2) is 0 Å². The number of ether oxygens (including phenoxy) is 1. The number of rotatable bonds is 5. The number of hydrogen-bond acceptors (Lipinski definition) is 4. The van der Waals surface area contributed by atoms with Crippen LogP contribution in [0.2, 0.25) is 0 Å². The second-order valence-corrected chi connectivity index (χ2v) is 2.96. The van der Waals surface area contributed by atoms with Gasteiger partial charge in [-0.1, -0.05) is 6.92 Å². The Morgan fingerprint density at radius 1 is 1.53 bits per heavy atom. The zero-order valence-corrected chi connectivity index (χ0v) is 8.54. The van der Waals surface area contributed by atoms with E-state index < -0.39 is 24.8 Å². The van der Waals surface area contributed by atoms with Crippen LogP contribution in [0.4, 0.5) is 13.2 Å². The number of esters is 1. The van der Waals surface area contributed by atoms with Crippen LogP contribution in [-0.4, -0.2) is 55.0 Å². The minimum Gasteiger partial charge on any atom is -0.468 e. The Morgan fingerprint density at radius 2 is 2.07 bits per heavy atom. The first-order valence-electron chi connectivity index (χ1n) is 4.35. The molecule has 0 aromatic rings. The van der Waals surface area contributed by atoms with Gasteiger partial charge in [-0.25, -0.2) is 0 Å². The van der Waals surface area contributed by atoms with Gasteiger partial charge in [0, 0.05) is 6.54 Å². The van der Waals surface area contributed by atoms with E-state index in [4.69, 9.17) is 5.11 Å². The molecule has 1 N–H and O–H groups in total. The second-order valence-electron chi connectivity index (χ2n) is 2.96. The molecule has 7 heteroatoms. The molecule has 15 heavy (non-hydrogen) atoms. The van der Waals surface area contributed by atoms with Crippen LogP contribution in [0.25, 0.3) is 0 Å². The van der Waals surface area contributed by atoms with Crippen LogP contribution >= 0.6 is 0 Å². The van der Waals surface area contributed by atoms with Crippen LogP contribution in [0.3, 0.4) is 0 Å². The lowest BCUT2D eigenvalue weighted by atomic mass is 10.3. The number of aliphatic hydroxyl groups is 1. The smallest absolute Gasteiger partial charge is 0.415 e. The molecule has 90 valence electrons. The van der Waals surface area contributed by atoms with Gasteiger partial charge in [0.05, 0.1) is 13.7 Å². The predicted molar refractivity (Wildman–Crippen MR) is 46.2 cm³/mol. The van der Waals surface area contributed by atoms with Gasteiger partial charge >= 0.3 is 12.1 Å². The monoisotopic (exact) mass is 229 g/mol. The summed E-state index contributed by atoms with van der Waals surface area (Å²) in [5.74, 6) is -0.633. The molecule has 0 rings (SSSR count). The molecular formula is C8H14F3NO3. The largest absolute Gasteiger partial charge is 0.468 e.